The van der Waals surface area contributed by atoms with Crippen LogP contribution in [0.4, 0.5) is 4.39 Å². The van der Waals surface area contributed by atoms with E-state index < -0.39 is 23.6 Å². The lowest BCUT2D eigenvalue weighted by Gasteiger charge is -2.17. The van der Waals surface area contributed by atoms with Gasteiger partial charge in [0, 0.05) is 11.4 Å². The molecule has 7 heteroatoms. The quantitative estimate of drug-likeness (QED) is 0.827. The number of halogens is 2. The van der Waals surface area contributed by atoms with Crippen molar-refractivity contribution in [1.29, 1.82) is 5.26 Å². The number of carbonyl (C=O) groups excluding carboxylic acids is 1. The van der Waals surface area contributed by atoms with Gasteiger partial charge in [0.15, 0.2) is 23.6 Å². The third kappa shape index (κ3) is 4.06. The molecule has 1 heterocycles. The average molecular weight is 348 g/mol. The molecule has 0 saturated heterocycles. The number of ether oxygens (including phenoxy) is 1. The third-order valence-corrected chi connectivity index (χ3v) is 3.57. The molecule has 0 bridgehead atoms. The predicted molar refractivity (Wildman–Crippen MR) is 86.4 cm³/mol. The zero-order chi connectivity index (χ0) is 17.9. The fourth-order valence-electron chi connectivity index (χ4n) is 2.18. The molecule has 0 unspecified atom stereocenters. The van der Waals surface area contributed by atoms with Crippen molar-refractivity contribution in [1.82, 2.24) is 9.97 Å². The van der Waals surface area contributed by atoms with Crippen molar-refractivity contribution < 1.29 is 13.9 Å². The maximum Gasteiger partial charge on any atom is 0.197 e. The largest absolute Gasteiger partial charge is 0.481 e. The second-order valence-electron chi connectivity index (χ2n) is 5.31. The maximum atomic E-state index is 13.1. The van der Waals surface area contributed by atoms with Crippen LogP contribution in [0, 0.1) is 31.0 Å². The van der Waals surface area contributed by atoms with Crippen molar-refractivity contribution in [2.75, 3.05) is 0 Å². The molecule has 1 aromatic heterocycles. The Morgan fingerprint density at radius 2 is 1.92 bits per heavy atom. The minimum absolute atomic E-state index is 0.0470. The van der Waals surface area contributed by atoms with Crippen LogP contribution in [-0.4, -0.2) is 21.9 Å². The van der Waals surface area contributed by atoms with Gasteiger partial charge in [0.25, 0.3) is 0 Å². The summed E-state index contributed by atoms with van der Waals surface area (Å²) in [4.78, 5) is 20.9. The highest BCUT2D eigenvalue weighted by atomic mass is 35.5. The molecule has 1 aromatic carbocycles. The molecule has 0 saturated carbocycles. The molecule has 124 valence electrons. The molecule has 24 heavy (non-hydrogen) atoms. The minimum Gasteiger partial charge on any atom is -0.481 e. The maximum absolute atomic E-state index is 13.1. The summed E-state index contributed by atoms with van der Waals surface area (Å²) in [5, 5.41) is 9.40. The molecular formula is C17H15ClFN3O2. The van der Waals surface area contributed by atoms with E-state index in [1.54, 1.807) is 19.9 Å². The van der Waals surface area contributed by atoms with Crippen molar-refractivity contribution in [2.45, 2.75) is 32.8 Å². The van der Waals surface area contributed by atoms with E-state index in [9.17, 15) is 14.4 Å². The van der Waals surface area contributed by atoms with Crippen LogP contribution < -0.4 is 4.74 Å². The lowest BCUT2D eigenvalue weighted by molar-refractivity contribution is -0.125. The zero-order valence-electron chi connectivity index (χ0n) is 13.4. The summed E-state index contributed by atoms with van der Waals surface area (Å²) in [7, 11) is 0. The molecule has 5 nitrogen and oxygen atoms in total. The Hall–Kier alpha value is -2.52. The minimum atomic E-state index is -1.15. The van der Waals surface area contributed by atoms with E-state index in [0.717, 1.165) is 6.07 Å². The first-order valence-corrected chi connectivity index (χ1v) is 7.57. The predicted octanol–water partition coefficient (Wildman–Crippen LogP) is 3.53. The van der Waals surface area contributed by atoms with Crippen LogP contribution >= 0.6 is 11.6 Å². The Morgan fingerprint density at radius 1 is 1.29 bits per heavy atom. The van der Waals surface area contributed by atoms with Crippen LogP contribution in [0.3, 0.4) is 0 Å². The summed E-state index contributed by atoms with van der Waals surface area (Å²) in [5.41, 5.74) is 1.33. The van der Waals surface area contributed by atoms with Gasteiger partial charge in [-0.2, -0.15) is 5.26 Å². The van der Waals surface area contributed by atoms with Crippen molar-refractivity contribution in [3.8, 4) is 11.8 Å². The van der Waals surface area contributed by atoms with E-state index >= 15 is 0 Å². The van der Waals surface area contributed by atoms with Crippen LogP contribution in [0.1, 0.15) is 30.1 Å². The van der Waals surface area contributed by atoms with Gasteiger partial charge in [-0.15, -0.1) is 0 Å². The molecule has 0 spiro atoms. The van der Waals surface area contributed by atoms with E-state index in [1.165, 1.54) is 19.1 Å². The van der Waals surface area contributed by atoms with Crippen LogP contribution in [0.25, 0.3) is 0 Å². The van der Waals surface area contributed by atoms with Crippen LogP contribution in [-0.2, 0) is 4.79 Å². The van der Waals surface area contributed by atoms with Crippen molar-refractivity contribution in [2.24, 2.45) is 0 Å². The first-order valence-electron chi connectivity index (χ1n) is 7.19. The van der Waals surface area contributed by atoms with Gasteiger partial charge in [0.1, 0.15) is 11.6 Å². The normalized spacial score (nSPS) is 13.0. The number of Topliss-reactive ketones (excluding diaryl/α,β-unsaturated/α-hetero) is 1. The fraction of sp³-hybridized carbons (Fsp3) is 0.294. The smallest absolute Gasteiger partial charge is 0.197 e. The number of hydrogen-bond donors (Lipinski definition) is 0. The second kappa shape index (κ2) is 7.37. The van der Waals surface area contributed by atoms with Gasteiger partial charge >= 0.3 is 0 Å². The number of aryl methyl sites for hydroxylation is 2. The zero-order valence-corrected chi connectivity index (χ0v) is 14.1. The standard InChI is InChI=1S/C17H15ClFN3O2/c1-9-6-10(2)22-17(21-9)13(8-20)16(23)11(3)24-15-5-4-12(19)7-14(15)18/h4-7,11,13H,1-3H3/t11-,13-/m0/s1. The molecule has 0 aliphatic heterocycles. The van der Waals surface area contributed by atoms with Gasteiger partial charge in [-0.25, -0.2) is 14.4 Å². The molecular weight excluding hydrogens is 333 g/mol. The first-order chi connectivity index (χ1) is 11.3. The molecule has 0 aliphatic carbocycles. The molecule has 0 fully saturated rings. The number of nitriles is 1. The van der Waals surface area contributed by atoms with Crippen molar-refractivity contribution >= 4 is 17.4 Å². The number of nitrogens with zero attached hydrogens (tertiary/aromatic N) is 3. The van der Waals surface area contributed by atoms with Gasteiger partial charge < -0.3 is 4.74 Å². The Labute approximate surface area is 144 Å². The Morgan fingerprint density at radius 3 is 2.46 bits per heavy atom. The number of aromatic nitrogens is 2. The van der Waals surface area contributed by atoms with Crippen LogP contribution in [0.2, 0.25) is 5.02 Å². The van der Waals surface area contributed by atoms with Crippen molar-refractivity contribution in [3.05, 3.63) is 52.3 Å². The lowest BCUT2D eigenvalue weighted by atomic mass is 10.0. The SMILES string of the molecule is Cc1cc(C)nc([C@@H](C#N)C(=O)[C@H](C)Oc2ccc(F)cc2Cl)n1. The summed E-state index contributed by atoms with van der Waals surface area (Å²) in [5.74, 6) is -1.86. The monoisotopic (exact) mass is 347 g/mol. The Bertz CT molecular complexity index is 800. The average Bonchev–Trinajstić information content (AvgIpc) is 2.49. The van der Waals surface area contributed by atoms with Gasteiger partial charge in [-0.3, -0.25) is 4.79 Å². The summed E-state index contributed by atoms with van der Waals surface area (Å²) in [6.45, 7) is 5.01. The van der Waals surface area contributed by atoms with Crippen LogP contribution in [0.5, 0.6) is 5.75 Å². The third-order valence-electron chi connectivity index (χ3n) is 3.27. The molecule has 2 aromatic rings. The molecule has 2 atom stereocenters. The van der Waals surface area contributed by atoms with E-state index in [2.05, 4.69) is 9.97 Å². The van der Waals surface area contributed by atoms with E-state index in [1.807, 2.05) is 6.07 Å². The Kier molecular flexibility index (Phi) is 5.47. The summed E-state index contributed by atoms with van der Waals surface area (Å²) < 4.78 is 18.5. The molecule has 0 N–H and O–H groups in total. The second-order valence-corrected chi connectivity index (χ2v) is 5.72. The van der Waals surface area contributed by atoms with Crippen LogP contribution in [0.15, 0.2) is 24.3 Å². The fourth-order valence-corrected chi connectivity index (χ4v) is 2.40. The first kappa shape index (κ1) is 17.8. The van der Waals surface area contributed by atoms with Crippen molar-refractivity contribution in [3.63, 3.8) is 0 Å². The number of rotatable bonds is 5. The highest BCUT2D eigenvalue weighted by Crippen LogP contribution is 2.27. The highest BCUT2D eigenvalue weighted by molar-refractivity contribution is 6.32. The summed E-state index contributed by atoms with van der Waals surface area (Å²) >= 11 is 5.88. The van der Waals surface area contributed by atoms with E-state index in [-0.39, 0.29) is 16.6 Å². The summed E-state index contributed by atoms with van der Waals surface area (Å²) in [6.07, 6.45) is -0.970. The lowest BCUT2D eigenvalue weighted by Crippen LogP contribution is -2.30. The van der Waals surface area contributed by atoms with Gasteiger partial charge in [-0.1, -0.05) is 11.6 Å². The molecule has 0 aliphatic rings. The number of ketones is 1. The number of carbonyl (C=O) groups is 1. The summed E-state index contributed by atoms with van der Waals surface area (Å²) in [6, 6.07) is 7.26. The van der Waals surface area contributed by atoms with E-state index in [0.29, 0.717) is 11.4 Å². The Balaban J connectivity index is 2.23. The van der Waals surface area contributed by atoms with Gasteiger partial charge in [-0.05, 0) is 45.0 Å². The molecule has 0 radical (unpaired) electrons. The topological polar surface area (TPSA) is 75.9 Å². The van der Waals surface area contributed by atoms with Gasteiger partial charge in [0.2, 0.25) is 0 Å². The molecule has 2 rings (SSSR count). The number of benzene rings is 1. The van der Waals surface area contributed by atoms with E-state index in [4.69, 9.17) is 16.3 Å². The highest BCUT2D eigenvalue weighted by Gasteiger charge is 2.29. The van der Waals surface area contributed by atoms with Gasteiger partial charge in [0.05, 0.1) is 11.1 Å². The number of hydrogen-bond acceptors (Lipinski definition) is 5. The molecule has 0 amide bonds.